The van der Waals surface area contributed by atoms with Crippen molar-refractivity contribution in [2.45, 2.75) is 18.7 Å². The summed E-state index contributed by atoms with van der Waals surface area (Å²) in [5, 5.41) is 13.2. The van der Waals surface area contributed by atoms with E-state index in [-0.39, 0.29) is 18.1 Å². The van der Waals surface area contributed by atoms with E-state index in [0.717, 1.165) is 22.4 Å². The normalized spacial score (nSPS) is 20.3. The monoisotopic (exact) mass is 373 g/mol. The van der Waals surface area contributed by atoms with Gasteiger partial charge in [-0.1, -0.05) is 48.9 Å². The van der Waals surface area contributed by atoms with E-state index in [4.69, 9.17) is 4.18 Å². The smallest absolute Gasteiger partial charge is 0.297 e. The number of aliphatic hydroxyl groups is 1. The summed E-state index contributed by atoms with van der Waals surface area (Å²) >= 11 is 0. The van der Waals surface area contributed by atoms with E-state index < -0.39 is 15.5 Å². The van der Waals surface area contributed by atoms with Crippen LogP contribution in [0.2, 0.25) is 0 Å². The fourth-order valence-corrected chi connectivity index (χ4v) is 3.96. The third-order valence-electron chi connectivity index (χ3n) is 4.73. The Kier molecular flexibility index (Phi) is 5.18. The maximum Gasteiger partial charge on any atom is 0.297 e. The van der Waals surface area contributed by atoms with Crippen LogP contribution in [0.4, 0.5) is 0 Å². The molecule has 0 aliphatic carbocycles. The van der Waals surface area contributed by atoms with Gasteiger partial charge in [0.2, 0.25) is 0 Å². The molecule has 0 saturated heterocycles. The Morgan fingerprint density at radius 1 is 1.15 bits per heavy atom. The highest BCUT2D eigenvalue weighted by Crippen LogP contribution is 2.37. The quantitative estimate of drug-likeness (QED) is 0.762. The topological polar surface area (TPSA) is 75.6 Å². The van der Waals surface area contributed by atoms with Gasteiger partial charge in [0.15, 0.2) is 0 Å². The molecule has 0 fully saturated rings. The molecule has 1 unspecified atom stereocenters. The fraction of sp³-hybridized carbons (Fsp3) is 0.300. The summed E-state index contributed by atoms with van der Waals surface area (Å²) in [5.41, 5.74) is 3.06. The highest BCUT2D eigenvalue weighted by atomic mass is 32.2. The number of hydrogen-bond acceptors (Lipinski definition) is 5. The van der Waals surface area contributed by atoms with Gasteiger partial charge in [0, 0.05) is 17.7 Å². The van der Waals surface area contributed by atoms with Gasteiger partial charge in [-0.15, -0.1) is 0 Å². The number of rotatable bonds is 6. The Balaban J connectivity index is 1.94. The van der Waals surface area contributed by atoms with E-state index in [1.807, 2.05) is 38.1 Å². The lowest BCUT2D eigenvalue weighted by Crippen LogP contribution is -2.30. The van der Waals surface area contributed by atoms with Crippen LogP contribution in [0.25, 0.3) is 5.70 Å². The fourth-order valence-electron chi connectivity index (χ4n) is 3.06. The van der Waals surface area contributed by atoms with Crippen molar-refractivity contribution in [3.63, 3.8) is 0 Å². The molecule has 3 rings (SSSR count). The Morgan fingerprint density at radius 3 is 2.54 bits per heavy atom. The SMILES string of the molecule is Cc1cccc(C2=C(COS(=O)(=O)c3ccccc3)C(C)(CO)CN2)c1. The Bertz CT molecular complexity index is 922. The molecule has 1 heterocycles. The number of hydrogen-bond donors (Lipinski definition) is 2. The van der Waals surface area contributed by atoms with E-state index in [1.54, 1.807) is 18.2 Å². The van der Waals surface area contributed by atoms with Crippen LogP contribution in [0.3, 0.4) is 0 Å². The van der Waals surface area contributed by atoms with E-state index >= 15 is 0 Å². The van der Waals surface area contributed by atoms with E-state index in [2.05, 4.69) is 5.32 Å². The molecule has 138 valence electrons. The first-order valence-corrected chi connectivity index (χ1v) is 9.86. The standard InChI is InChI=1S/C20H23NO4S/c1-15-7-6-8-16(11-15)19-18(20(2,14-22)13-21-19)12-25-26(23,24)17-9-4-3-5-10-17/h3-11,21-22H,12-14H2,1-2H3. The zero-order valence-corrected chi connectivity index (χ0v) is 15.7. The second kappa shape index (κ2) is 7.23. The van der Waals surface area contributed by atoms with Gasteiger partial charge in [-0.25, -0.2) is 0 Å². The van der Waals surface area contributed by atoms with Gasteiger partial charge in [0.1, 0.15) is 0 Å². The van der Waals surface area contributed by atoms with Crippen LogP contribution in [0.5, 0.6) is 0 Å². The molecule has 2 N–H and O–H groups in total. The molecule has 0 saturated carbocycles. The van der Waals surface area contributed by atoms with E-state index in [9.17, 15) is 13.5 Å². The molecule has 1 atom stereocenters. The summed E-state index contributed by atoms with van der Waals surface area (Å²) in [5.74, 6) is 0. The van der Waals surface area contributed by atoms with Gasteiger partial charge in [-0.3, -0.25) is 4.18 Å². The molecular weight excluding hydrogens is 350 g/mol. The Hall–Kier alpha value is -2.15. The predicted octanol–water partition coefficient (Wildman–Crippen LogP) is 2.71. The molecule has 2 aromatic rings. The van der Waals surface area contributed by atoms with Crippen LogP contribution in [-0.4, -0.2) is 33.3 Å². The molecule has 1 aliphatic heterocycles. The van der Waals surface area contributed by atoms with Crippen molar-refractivity contribution in [2.24, 2.45) is 5.41 Å². The van der Waals surface area contributed by atoms with E-state index in [1.165, 1.54) is 12.1 Å². The molecule has 0 spiro atoms. The minimum absolute atomic E-state index is 0.0978. The highest BCUT2D eigenvalue weighted by Gasteiger charge is 2.37. The van der Waals surface area contributed by atoms with Crippen LogP contribution >= 0.6 is 0 Å². The van der Waals surface area contributed by atoms with Crippen molar-refractivity contribution in [3.8, 4) is 0 Å². The van der Waals surface area contributed by atoms with Crippen LogP contribution in [-0.2, 0) is 14.3 Å². The molecule has 0 aromatic heterocycles. The third kappa shape index (κ3) is 3.67. The maximum atomic E-state index is 12.5. The first-order chi connectivity index (χ1) is 12.4. The van der Waals surface area contributed by atoms with Crippen molar-refractivity contribution in [2.75, 3.05) is 19.8 Å². The number of aliphatic hydroxyl groups excluding tert-OH is 1. The average molecular weight is 373 g/mol. The Morgan fingerprint density at radius 2 is 1.88 bits per heavy atom. The zero-order chi connectivity index (χ0) is 18.8. The van der Waals surface area contributed by atoms with Crippen LogP contribution in [0.1, 0.15) is 18.1 Å². The van der Waals surface area contributed by atoms with Crippen molar-refractivity contribution >= 4 is 15.8 Å². The molecule has 2 aromatic carbocycles. The molecule has 5 nitrogen and oxygen atoms in total. The largest absolute Gasteiger partial charge is 0.395 e. The second-order valence-corrected chi connectivity index (χ2v) is 8.44. The first-order valence-electron chi connectivity index (χ1n) is 8.46. The van der Waals surface area contributed by atoms with Crippen molar-refractivity contribution < 1.29 is 17.7 Å². The van der Waals surface area contributed by atoms with Crippen molar-refractivity contribution in [1.82, 2.24) is 5.32 Å². The summed E-state index contributed by atoms with van der Waals surface area (Å²) in [7, 11) is -3.86. The lowest BCUT2D eigenvalue weighted by molar-refractivity contribution is 0.172. The minimum atomic E-state index is -3.86. The van der Waals surface area contributed by atoms with Crippen LogP contribution < -0.4 is 5.32 Å². The molecule has 6 heteroatoms. The molecule has 1 aliphatic rings. The van der Waals surface area contributed by atoms with Gasteiger partial charge < -0.3 is 10.4 Å². The average Bonchev–Trinajstić information content (AvgIpc) is 2.98. The molecule has 0 amide bonds. The lowest BCUT2D eigenvalue weighted by Gasteiger charge is -2.24. The Labute approximate surface area is 154 Å². The lowest BCUT2D eigenvalue weighted by atomic mass is 9.84. The number of nitrogens with one attached hydrogen (secondary N) is 1. The molecular formula is C20H23NO4S. The van der Waals surface area contributed by atoms with Gasteiger partial charge in [-0.05, 0) is 36.3 Å². The third-order valence-corrected chi connectivity index (χ3v) is 6.01. The molecule has 26 heavy (non-hydrogen) atoms. The van der Waals surface area contributed by atoms with Crippen molar-refractivity contribution in [1.29, 1.82) is 0 Å². The first kappa shape index (κ1) is 18.6. The van der Waals surface area contributed by atoms with Crippen LogP contribution in [0, 0.1) is 12.3 Å². The summed E-state index contributed by atoms with van der Waals surface area (Å²) in [6.07, 6.45) is 0. The zero-order valence-electron chi connectivity index (χ0n) is 14.9. The minimum Gasteiger partial charge on any atom is -0.395 e. The highest BCUT2D eigenvalue weighted by molar-refractivity contribution is 7.86. The number of aryl methyl sites for hydroxylation is 1. The van der Waals surface area contributed by atoms with Gasteiger partial charge >= 0.3 is 0 Å². The maximum absolute atomic E-state index is 12.5. The number of benzene rings is 2. The second-order valence-electron chi connectivity index (χ2n) is 6.82. The van der Waals surface area contributed by atoms with E-state index in [0.29, 0.717) is 6.54 Å². The molecule has 0 radical (unpaired) electrons. The molecule has 0 bridgehead atoms. The predicted molar refractivity (Wildman–Crippen MR) is 101 cm³/mol. The van der Waals surface area contributed by atoms with Crippen molar-refractivity contribution in [3.05, 3.63) is 71.3 Å². The van der Waals surface area contributed by atoms with Gasteiger partial charge in [0.25, 0.3) is 10.1 Å². The summed E-state index contributed by atoms with van der Waals surface area (Å²) in [6, 6.07) is 16.0. The van der Waals surface area contributed by atoms with Crippen LogP contribution in [0.15, 0.2) is 65.1 Å². The van der Waals surface area contributed by atoms with Gasteiger partial charge in [-0.2, -0.15) is 8.42 Å². The summed E-state index contributed by atoms with van der Waals surface area (Å²) in [6.45, 7) is 4.22. The summed E-state index contributed by atoms with van der Waals surface area (Å²) in [4.78, 5) is 0.120. The summed E-state index contributed by atoms with van der Waals surface area (Å²) < 4.78 is 30.3. The van der Waals surface area contributed by atoms with Gasteiger partial charge in [0.05, 0.1) is 18.1 Å².